The lowest BCUT2D eigenvalue weighted by molar-refractivity contribution is -0.889. The molecule has 0 aliphatic carbocycles. The Balaban J connectivity index is 2.46. The second kappa shape index (κ2) is 2.70. The minimum atomic E-state index is -4.60. The monoisotopic (exact) mass is 167 g/mol. The summed E-state index contributed by atoms with van der Waals surface area (Å²) in [6.45, 7) is -3.20. The van der Waals surface area contributed by atoms with Crippen molar-refractivity contribution in [3.05, 3.63) is 0 Å². The van der Waals surface area contributed by atoms with E-state index in [1.54, 1.807) is 7.05 Å². The Morgan fingerprint density at radius 1 is 1.18 bits per heavy atom. The zero-order valence-corrected chi connectivity index (χ0v) is 6.69. The van der Waals surface area contributed by atoms with Crippen LogP contribution in [0, 0.1) is 0 Å². The summed E-state index contributed by atoms with van der Waals surface area (Å²) in [5, 5.41) is 0. The highest BCUT2D eigenvalue weighted by atomic mass is 19.4. The second-order valence-corrected chi connectivity index (χ2v) is 3.67. The molecule has 1 fully saturated rings. The van der Waals surface area contributed by atoms with Gasteiger partial charge in [-0.3, -0.25) is 0 Å². The van der Waals surface area contributed by atoms with Crippen LogP contribution in [-0.2, 0) is 0 Å². The number of rotatable bonds is 2. The maximum absolute atomic E-state index is 12.0. The molecule has 0 N–H and O–H groups in total. The van der Waals surface area contributed by atoms with Gasteiger partial charge in [-0.05, 0) is 0 Å². The summed E-state index contributed by atoms with van der Waals surface area (Å²) >= 11 is 0. The first kappa shape index (κ1) is 8.91. The van der Waals surface area contributed by atoms with Crippen molar-refractivity contribution in [2.24, 2.45) is 0 Å². The molecular formula is C6H13BF3N. The minimum Gasteiger partial charge on any atom is -0.445 e. The standard InChI is InChI=1S/C6H13BF3N/c1-11(4-2-3-5-11)6-7(8,9)10/h2-6H2,1H3. The first-order chi connectivity index (χ1) is 4.91. The van der Waals surface area contributed by atoms with Gasteiger partial charge in [-0.2, -0.15) is 0 Å². The molecule has 0 unspecified atom stereocenters. The van der Waals surface area contributed by atoms with Crippen LogP contribution in [0.4, 0.5) is 12.9 Å². The summed E-state index contributed by atoms with van der Waals surface area (Å²) in [5.74, 6) is 0. The Morgan fingerprint density at radius 3 is 2.00 bits per heavy atom. The normalized spacial score (nSPS) is 24.0. The van der Waals surface area contributed by atoms with Crippen LogP contribution in [0.5, 0.6) is 0 Å². The molecule has 0 aromatic carbocycles. The number of quaternary nitrogens is 1. The summed E-state index contributed by atoms with van der Waals surface area (Å²) in [6.07, 6.45) is 1.30. The summed E-state index contributed by atoms with van der Waals surface area (Å²) in [5.41, 5.74) is 0. The van der Waals surface area contributed by atoms with E-state index in [-0.39, 0.29) is 4.48 Å². The van der Waals surface area contributed by atoms with Crippen molar-refractivity contribution < 1.29 is 17.4 Å². The Kier molecular flexibility index (Phi) is 2.18. The van der Waals surface area contributed by atoms with Crippen LogP contribution in [-0.4, -0.2) is 38.0 Å². The van der Waals surface area contributed by atoms with Gasteiger partial charge in [-0.1, -0.05) is 0 Å². The van der Waals surface area contributed by atoms with Crippen molar-refractivity contribution in [2.45, 2.75) is 12.8 Å². The van der Waals surface area contributed by atoms with E-state index in [0.717, 1.165) is 12.8 Å². The molecule has 0 amide bonds. The highest BCUT2D eigenvalue weighted by Gasteiger charge is 2.37. The molecule has 0 atom stereocenters. The van der Waals surface area contributed by atoms with Gasteiger partial charge in [-0.15, -0.1) is 0 Å². The molecule has 11 heavy (non-hydrogen) atoms. The van der Waals surface area contributed by atoms with Crippen LogP contribution in [0.25, 0.3) is 0 Å². The fourth-order valence-corrected chi connectivity index (χ4v) is 1.78. The number of halogens is 3. The molecule has 0 radical (unpaired) electrons. The number of hydrogen-bond acceptors (Lipinski definition) is 0. The van der Waals surface area contributed by atoms with Gasteiger partial charge in [0.25, 0.3) is 0 Å². The molecule has 1 aliphatic heterocycles. The maximum atomic E-state index is 12.0. The molecule has 0 aromatic heterocycles. The summed E-state index contributed by atoms with van der Waals surface area (Å²) in [6, 6.07) is 0. The van der Waals surface area contributed by atoms with E-state index in [1.807, 2.05) is 0 Å². The molecule has 5 heteroatoms. The van der Waals surface area contributed by atoms with E-state index in [1.165, 1.54) is 0 Å². The van der Waals surface area contributed by atoms with E-state index >= 15 is 0 Å². The first-order valence-corrected chi connectivity index (χ1v) is 3.96. The predicted molar refractivity (Wildman–Crippen MR) is 39.1 cm³/mol. The minimum absolute atomic E-state index is 0.212. The van der Waals surface area contributed by atoms with Gasteiger partial charge in [0.1, 0.15) is 0 Å². The van der Waals surface area contributed by atoms with Gasteiger partial charge in [0.2, 0.25) is 0 Å². The topological polar surface area (TPSA) is 0 Å². The maximum Gasteiger partial charge on any atom is 0.531 e. The first-order valence-electron chi connectivity index (χ1n) is 3.96. The van der Waals surface area contributed by atoms with Crippen molar-refractivity contribution >= 4 is 6.98 Å². The highest BCUT2D eigenvalue weighted by Crippen LogP contribution is 2.21. The zero-order chi connectivity index (χ0) is 8.54. The van der Waals surface area contributed by atoms with Crippen molar-refractivity contribution in [3.8, 4) is 0 Å². The van der Waals surface area contributed by atoms with Crippen LogP contribution >= 0.6 is 0 Å². The molecule has 66 valence electrons. The molecular weight excluding hydrogens is 154 g/mol. The fourth-order valence-electron chi connectivity index (χ4n) is 1.78. The summed E-state index contributed by atoms with van der Waals surface area (Å²) in [4.78, 5) is 0. The van der Waals surface area contributed by atoms with Crippen LogP contribution < -0.4 is 0 Å². The largest absolute Gasteiger partial charge is 0.531 e. The van der Waals surface area contributed by atoms with Crippen molar-refractivity contribution in [1.82, 2.24) is 0 Å². The van der Waals surface area contributed by atoms with Gasteiger partial charge in [0.05, 0.1) is 26.6 Å². The molecule has 1 heterocycles. The predicted octanol–water partition coefficient (Wildman–Crippen LogP) is 1.61. The third-order valence-corrected chi connectivity index (χ3v) is 2.29. The van der Waals surface area contributed by atoms with Crippen LogP contribution in [0.1, 0.15) is 12.8 Å². The van der Waals surface area contributed by atoms with Crippen LogP contribution in [0.2, 0.25) is 0 Å². The Labute approximate surface area is 64.8 Å². The molecule has 1 nitrogen and oxygen atoms in total. The summed E-state index contributed by atoms with van der Waals surface area (Å²) in [7, 11) is 1.70. The quantitative estimate of drug-likeness (QED) is 0.433. The smallest absolute Gasteiger partial charge is 0.445 e. The molecule has 0 spiro atoms. The summed E-state index contributed by atoms with van der Waals surface area (Å²) < 4.78 is 36.2. The lowest BCUT2D eigenvalue weighted by Gasteiger charge is -2.33. The van der Waals surface area contributed by atoms with E-state index in [4.69, 9.17) is 0 Å². The lowest BCUT2D eigenvalue weighted by atomic mass is 9.90. The van der Waals surface area contributed by atoms with Gasteiger partial charge < -0.3 is 17.4 Å². The van der Waals surface area contributed by atoms with Crippen molar-refractivity contribution in [1.29, 1.82) is 0 Å². The van der Waals surface area contributed by atoms with Crippen molar-refractivity contribution in [3.63, 3.8) is 0 Å². The number of nitrogens with zero attached hydrogens (tertiary/aromatic N) is 1. The second-order valence-electron chi connectivity index (χ2n) is 3.67. The highest BCUT2D eigenvalue weighted by molar-refractivity contribution is 6.58. The Morgan fingerprint density at radius 2 is 1.64 bits per heavy atom. The van der Waals surface area contributed by atoms with Crippen LogP contribution in [0.3, 0.4) is 0 Å². The Hall–Kier alpha value is -0.185. The fraction of sp³-hybridized carbons (Fsp3) is 1.00. The third-order valence-electron chi connectivity index (χ3n) is 2.29. The molecule has 0 bridgehead atoms. The van der Waals surface area contributed by atoms with Crippen LogP contribution in [0.15, 0.2) is 0 Å². The third kappa shape index (κ3) is 2.73. The lowest BCUT2D eigenvalue weighted by Crippen LogP contribution is -2.49. The van der Waals surface area contributed by atoms with E-state index in [9.17, 15) is 12.9 Å². The van der Waals surface area contributed by atoms with Gasteiger partial charge >= 0.3 is 6.98 Å². The van der Waals surface area contributed by atoms with E-state index in [2.05, 4.69) is 0 Å². The van der Waals surface area contributed by atoms with Gasteiger partial charge in [0, 0.05) is 12.8 Å². The van der Waals surface area contributed by atoms with Gasteiger partial charge in [0.15, 0.2) is 0 Å². The Bertz CT molecular complexity index is 139. The van der Waals surface area contributed by atoms with E-state index < -0.39 is 13.4 Å². The molecule has 0 saturated carbocycles. The van der Waals surface area contributed by atoms with Gasteiger partial charge in [-0.25, -0.2) is 0 Å². The molecule has 0 aromatic rings. The number of likely N-dealkylation sites (tertiary alicyclic amines) is 1. The average molecular weight is 167 g/mol. The average Bonchev–Trinajstić information content (AvgIpc) is 2.09. The zero-order valence-electron chi connectivity index (χ0n) is 6.69. The van der Waals surface area contributed by atoms with Crippen molar-refractivity contribution in [2.75, 3.05) is 26.6 Å². The molecule has 1 saturated heterocycles. The SMILES string of the molecule is C[N+]1(C[B-](F)(F)F)CCCC1. The van der Waals surface area contributed by atoms with E-state index in [0.29, 0.717) is 13.1 Å². The number of hydrogen-bond donors (Lipinski definition) is 0. The molecule has 1 rings (SSSR count). The molecule has 1 aliphatic rings.